The van der Waals surface area contributed by atoms with Crippen LogP contribution in [0.25, 0.3) is 0 Å². The zero-order valence-electron chi connectivity index (χ0n) is 14.0. The molecule has 1 heterocycles. The molecule has 0 aliphatic heterocycles. The predicted octanol–water partition coefficient (Wildman–Crippen LogP) is 3.80. The fourth-order valence-electron chi connectivity index (χ4n) is 3.36. The van der Waals surface area contributed by atoms with Gasteiger partial charge in [-0.15, -0.1) is 0 Å². The Kier molecular flexibility index (Phi) is 6.62. The fourth-order valence-corrected chi connectivity index (χ4v) is 3.36. The van der Waals surface area contributed by atoms with Crippen LogP contribution in [0.2, 0.25) is 0 Å². The van der Waals surface area contributed by atoms with Crippen molar-refractivity contribution in [2.45, 2.75) is 78.1 Å². The summed E-state index contributed by atoms with van der Waals surface area (Å²) in [4.78, 5) is 9.88. The molecule has 1 fully saturated rings. The van der Waals surface area contributed by atoms with Gasteiger partial charge in [0.2, 0.25) is 0 Å². The van der Waals surface area contributed by atoms with Crippen LogP contribution in [0.3, 0.4) is 0 Å². The summed E-state index contributed by atoms with van der Waals surface area (Å²) in [5.74, 6) is 1.75. The van der Waals surface area contributed by atoms with Crippen molar-refractivity contribution in [1.82, 2.24) is 15.3 Å². The van der Waals surface area contributed by atoms with Gasteiger partial charge in [-0.3, -0.25) is 0 Å². The molecule has 1 aliphatic rings. The van der Waals surface area contributed by atoms with Crippen molar-refractivity contribution in [2.24, 2.45) is 0 Å². The van der Waals surface area contributed by atoms with Gasteiger partial charge in [-0.05, 0) is 57.2 Å². The first kappa shape index (κ1) is 16.4. The molecule has 1 aromatic rings. The highest BCUT2D eigenvalue weighted by Gasteiger charge is 2.22. The fraction of sp³-hybridized carbons (Fsp3) is 0.778. The molecule has 0 bridgehead atoms. The van der Waals surface area contributed by atoms with E-state index in [0.29, 0.717) is 5.92 Å². The maximum Gasteiger partial charge on any atom is 0.131 e. The normalized spacial score (nSPS) is 15.8. The van der Waals surface area contributed by atoms with E-state index in [1.165, 1.54) is 49.1 Å². The molecule has 118 valence electrons. The third kappa shape index (κ3) is 4.26. The van der Waals surface area contributed by atoms with Crippen LogP contribution in [0.4, 0.5) is 0 Å². The van der Waals surface area contributed by atoms with Crippen LogP contribution < -0.4 is 5.32 Å². The Morgan fingerprint density at radius 2 is 1.57 bits per heavy atom. The minimum absolute atomic E-state index is 0.618. The molecule has 0 spiro atoms. The Hall–Kier alpha value is -0.960. The average molecular weight is 289 g/mol. The van der Waals surface area contributed by atoms with Crippen molar-refractivity contribution in [1.29, 1.82) is 0 Å². The summed E-state index contributed by atoms with van der Waals surface area (Å²) in [6.07, 6.45) is 9.57. The van der Waals surface area contributed by atoms with Crippen LogP contribution in [0.15, 0.2) is 0 Å². The molecule has 21 heavy (non-hydrogen) atoms. The lowest BCUT2D eigenvalue weighted by atomic mass is 10.0. The molecule has 0 unspecified atom stereocenters. The third-order valence-electron chi connectivity index (χ3n) is 4.56. The Morgan fingerprint density at radius 1 is 0.952 bits per heavy atom. The van der Waals surface area contributed by atoms with Crippen LogP contribution in [0.1, 0.15) is 81.6 Å². The van der Waals surface area contributed by atoms with Gasteiger partial charge in [0.15, 0.2) is 0 Å². The minimum Gasteiger partial charge on any atom is -0.316 e. The molecule has 3 heteroatoms. The van der Waals surface area contributed by atoms with Crippen molar-refractivity contribution in [3.8, 4) is 0 Å². The lowest BCUT2D eigenvalue weighted by Gasteiger charge is -2.16. The van der Waals surface area contributed by atoms with Gasteiger partial charge in [0.25, 0.3) is 0 Å². The van der Waals surface area contributed by atoms with Crippen LogP contribution in [-0.4, -0.2) is 23.1 Å². The zero-order valence-corrected chi connectivity index (χ0v) is 14.0. The van der Waals surface area contributed by atoms with Crippen molar-refractivity contribution in [3.05, 3.63) is 22.8 Å². The molecule has 0 aromatic carbocycles. The first-order valence-electron chi connectivity index (χ1n) is 8.89. The summed E-state index contributed by atoms with van der Waals surface area (Å²) in [7, 11) is 0. The van der Waals surface area contributed by atoms with E-state index in [1.54, 1.807) is 0 Å². The molecule has 1 aromatic heterocycles. The van der Waals surface area contributed by atoms with Gasteiger partial charge in [0.1, 0.15) is 5.82 Å². The van der Waals surface area contributed by atoms with Crippen molar-refractivity contribution in [2.75, 3.05) is 13.1 Å². The monoisotopic (exact) mass is 289 g/mol. The molecule has 3 nitrogen and oxygen atoms in total. The van der Waals surface area contributed by atoms with Gasteiger partial charge >= 0.3 is 0 Å². The highest BCUT2D eigenvalue weighted by molar-refractivity contribution is 5.28. The summed E-state index contributed by atoms with van der Waals surface area (Å²) >= 11 is 0. The van der Waals surface area contributed by atoms with Gasteiger partial charge in [-0.25, -0.2) is 9.97 Å². The highest BCUT2D eigenvalue weighted by Crippen LogP contribution is 2.33. The van der Waals surface area contributed by atoms with E-state index in [2.05, 4.69) is 26.1 Å². The van der Waals surface area contributed by atoms with Gasteiger partial charge < -0.3 is 5.32 Å². The lowest BCUT2D eigenvalue weighted by Crippen LogP contribution is -2.20. The topological polar surface area (TPSA) is 37.8 Å². The van der Waals surface area contributed by atoms with E-state index in [4.69, 9.17) is 9.97 Å². The van der Waals surface area contributed by atoms with E-state index in [-0.39, 0.29) is 0 Å². The van der Waals surface area contributed by atoms with Crippen LogP contribution in [0.5, 0.6) is 0 Å². The van der Waals surface area contributed by atoms with Gasteiger partial charge in [-0.2, -0.15) is 0 Å². The van der Waals surface area contributed by atoms with Gasteiger partial charge in [-0.1, -0.05) is 33.6 Å². The van der Waals surface area contributed by atoms with E-state index in [1.807, 2.05) is 0 Å². The Bertz CT molecular complexity index is 411. The summed E-state index contributed by atoms with van der Waals surface area (Å²) in [5.41, 5.74) is 3.99. The first-order valence-corrected chi connectivity index (χ1v) is 8.89. The summed E-state index contributed by atoms with van der Waals surface area (Å²) in [5, 5.41) is 3.50. The van der Waals surface area contributed by atoms with E-state index >= 15 is 0 Å². The Morgan fingerprint density at radius 3 is 2.10 bits per heavy atom. The van der Waals surface area contributed by atoms with Crippen molar-refractivity contribution in [3.63, 3.8) is 0 Å². The standard InChI is InChI=1S/C18H31N3/c1-4-12-19-13-11-15-16(5-2)20-18(21-17(15)6-3)14-9-7-8-10-14/h14,19H,4-13H2,1-3H3. The molecule has 0 saturated heterocycles. The second-order valence-corrected chi connectivity index (χ2v) is 6.14. The number of rotatable bonds is 8. The SMILES string of the molecule is CCCNCCc1c(CC)nc(C2CCCC2)nc1CC. The maximum absolute atomic E-state index is 4.94. The number of hydrogen-bond acceptors (Lipinski definition) is 3. The quantitative estimate of drug-likeness (QED) is 0.740. The maximum atomic E-state index is 4.94. The summed E-state index contributed by atoms with van der Waals surface area (Å²) in [6, 6.07) is 0. The zero-order chi connectivity index (χ0) is 15.1. The van der Waals surface area contributed by atoms with Gasteiger partial charge in [0, 0.05) is 17.3 Å². The number of nitrogens with one attached hydrogen (secondary N) is 1. The molecule has 0 radical (unpaired) electrons. The third-order valence-corrected chi connectivity index (χ3v) is 4.56. The molecular weight excluding hydrogens is 258 g/mol. The number of aromatic nitrogens is 2. The molecule has 1 aliphatic carbocycles. The number of aryl methyl sites for hydroxylation is 2. The smallest absolute Gasteiger partial charge is 0.131 e. The predicted molar refractivity (Wildman–Crippen MR) is 88.9 cm³/mol. The molecule has 0 amide bonds. The Labute approximate surface area is 130 Å². The van der Waals surface area contributed by atoms with Crippen LogP contribution >= 0.6 is 0 Å². The van der Waals surface area contributed by atoms with Crippen LogP contribution in [-0.2, 0) is 19.3 Å². The molecular formula is C18H31N3. The van der Waals surface area contributed by atoms with E-state index < -0.39 is 0 Å². The van der Waals surface area contributed by atoms with Crippen molar-refractivity contribution >= 4 is 0 Å². The number of nitrogens with zero attached hydrogens (tertiary/aromatic N) is 2. The molecule has 0 atom stereocenters. The van der Waals surface area contributed by atoms with Gasteiger partial charge in [0.05, 0.1) is 0 Å². The summed E-state index contributed by atoms with van der Waals surface area (Å²) in [6.45, 7) is 8.80. The highest BCUT2D eigenvalue weighted by atomic mass is 14.9. The molecule has 1 N–H and O–H groups in total. The summed E-state index contributed by atoms with van der Waals surface area (Å²) < 4.78 is 0. The number of hydrogen-bond donors (Lipinski definition) is 1. The van der Waals surface area contributed by atoms with Crippen LogP contribution in [0, 0.1) is 0 Å². The molecule has 2 rings (SSSR count). The lowest BCUT2D eigenvalue weighted by molar-refractivity contribution is 0.634. The average Bonchev–Trinajstić information content (AvgIpc) is 3.05. The largest absolute Gasteiger partial charge is 0.316 e. The second kappa shape index (κ2) is 8.47. The first-order chi connectivity index (χ1) is 10.3. The Balaban J connectivity index is 2.17. The minimum atomic E-state index is 0.618. The van der Waals surface area contributed by atoms with Crippen molar-refractivity contribution < 1.29 is 0 Å². The van der Waals surface area contributed by atoms with E-state index in [9.17, 15) is 0 Å². The van der Waals surface area contributed by atoms with E-state index in [0.717, 1.165) is 38.2 Å². The second-order valence-electron chi connectivity index (χ2n) is 6.14. The molecule has 1 saturated carbocycles.